The quantitative estimate of drug-likeness (QED) is 0.866. The zero-order valence-corrected chi connectivity index (χ0v) is 16.0. The van der Waals surface area contributed by atoms with Crippen LogP contribution in [0.1, 0.15) is 5.56 Å². The molecule has 0 atom stereocenters. The normalized spacial score (nSPS) is 16.2. The molecule has 2 aromatic rings. The van der Waals surface area contributed by atoms with Crippen molar-refractivity contribution >= 4 is 15.7 Å². The molecule has 1 heterocycles. The molecule has 0 aromatic heterocycles. The summed E-state index contributed by atoms with van der Waals surface area (Å²) in [5.74, 6) is 0.308. The van der Waals surface area contributed by atoms with Gasteiger partial charge in [-0.15, -0.1) is 0 Å². The molecule has 1 saturated heterocycles. The third-order valence-electron chi connectivity index (χ3n) is 4.68. The average Bonchev–Trinajstić information content (AvgIpc) is 2.63. The summed E-state index contributed by atoms with van der Waals surface area (Å²) in [4.78, 5) is 4.81. The molecule has 0 saturated carbocycles. The minimum absolute atomic E-state index is 0.308. The molecule has 3 rings (SSSR count). The highest BCUT2D eigenvalue weighted by Gasteiger charge is 2.21. The van der Waals surface area contributed by atoms with Gasteiger partial charge >= 0.3 is 0 Å². The van der Waals surface area contributed by atoms with Gasteiger partial charge in [0, 0.05) is 46.8 Å². The maximum absolute atomic E-state index is 12.3. The Morgan fingerprint density at radius 3 is 2.35 bits per heavy atom. The van der Waals surface area contributed by atoms with E-state index in [1.54, 1.807) is 38.4 Å². The lowest BCUT2D eigenvalue weighted by molar-refractivity contribution is 0.249. The molecule has 0 radical (unpaired) electrons. The zero-order valence-electron chi connectivity index (χ0n) is 15.2. The average molecular weight is 375 g/mol. The third-order valence-corrected chi connectivity index (χ3v) is 6.49. The topological polar surface area (TPSA) is 64.1 Å². The van der Waals surface area contributed by atoms with Crippen molar-refractivity contribution in [1.82, 2.24) is 9.21 Å². The van der Waals surface area contributed by atoms with Crippen LogP contribution in [0.3, 0.4) is 0 Å². The summed E-state index contributed by atoms with van der Waals surface area (Å²) in [6.45, 7) is 4.09. The van der Waals surface area contributed by atoms with E-state index in [4.69, 9.17) is 0 Å². The number of phenols is 1. The number of benzene rings is 2. The molecule has 0 aliphatic carbocycles. The minimum Gasteiger partial charge on any atom is -0.506 e. The van der Waals surface area contributed by atoms with Crippen molar-refractivity contribution in [2.24, 2.45) is 0 Å². The highest BCUT2D eigenvalue weighted by molar-refractivity contribution is 7.89. The van der Waals surface area contributed by atoms with Crippen LogP contribution in [0.15, 0.2) is 53.4 Å². The van der Waals surface area contributed by atoms with Gasteiger partial charge in [-0.2, -0.15) is 0 Å². The molecule has 1 aliphatic rings. The number of sulfonamides is 1. The molecule has 2 aromatic carbocycles. The van der Waals surface area contributed by atoms with Crippen LogP contribution in [0, 0.1) is 0 Å². The number of rotatable bonds is 5. The standard InChI is InChI=1S/C19H25N3O3S/c1-20(2)26(24,25)17-7-5-6-16(14-17)15-21-10-12-22(13-11-21)18-8-3-4-9-19(18)23/h3-9,14,23H,10-13,15H2,1-2H3. The first-order valence-electron chi connectivity index (χ1n) is 8.65. The Hall–Kier alpha value is -2.09. The van der Waals surface area contributed by atoms with E-state index >= 15 is 0 Å². The third kappa shape index (κ3) is 4.00. The molecule has 140 valence electrons. The van der Waals surface area contributed by atoms with Crippen molar-refractivity contribution in [2.45, 2.75) is 11.4 Å². The number of phenolic OH excluding ortho intramolecular Hbond substituents is 1. The van der Waals surface area contributed by atoms with E-state index in [1.165, 1.54) is 4.31 Å². The molecular formula is C19H25N3O3S. The second kappa shape index (κ2) is 7.65. The summed E-state index contributed by atoms with van der Waals surface area (Å²) in [7, 11) is -0.327. The van der Waals surface area contributed by atoms with Crippen molar-refractivity contribution < 1.29 is 13.5 Å². The number of aromatic hydroxyl groups is 1. The molecule has 0 bridgehead atoms. The van der Waals surface area contributed by atoms with Gasteiger partial charge in [0.05, 0.1) is 10.6 Å². The van der Waals surface area contributed by atoms with Crippen molar-refractivity contribution in [1.29, 1.82) is 0 Å². The molecule has 0 spiro atoms. The molecule has 26 heavy (non-hydrogen) atoms. The predicted molar refractivity (Wildman–Crippen MR) is 103 cm³/mol. The van der Waals surface area contributed by atoms with E-state index in [0.29, 0.717) is 17.2 Å². The second-order valence-corrected chi connectivity index (χ2v) is 8.84. The lowest BCUT2D eigenvalue weighted by atomic mass is 10.2. The van der Waals surface area contributed by atoms with Crippen LogP contribution in [0.5, 0.6) is 5.75 Å². The van der Waals surface area contributed by atoms with Crippen LogP contribution in [0.2, 0.25) is 0 Å². The van der Waals surface area contributed by atoms with Crippen molar-refractivity contribution in [3.8, 4) is 5.75 Å². The Morgan fingerprint density at radius 2 is 1.69 bits per heavy atom. The Bertz CT molecular complexity index is 860. The molecule has 1 N–H and O–H groups in total. The Balaban J connectivity index is 1.64. The van der Waals surface area contributed by atoms with Gasteiger partial charge in [-0.05, 0) is 29.8 Å². The lowest BCUT2D eigenvalue weighted by Gasteiger charge is -2.36. The van der Waals surface area contributed by atoms with Crippen LogP contribution in [0.4, 0.5) is 5.69 Å². The first-order valence-corrected chi connectivity index (χ1v) is 10.1. The van der Waals surface area contributed by atoms with Crippen molar-refractivity contribution in [3.63, 3.8) is 0 Å². The fourth-order valence-corrected chi connectivity index (χ4v) is 4.12. The Morgan fingerprint density at radius 1 is 1.00 bits per heavy atom. The fourth-order valence-electron chi connectivity index (χ4n) is 3.15. The molecule has 7 heteroatoms. The van der Waals surface area contributed by atoms with Gasteiger partial charge in [0.1, 0.15) is 5.75 Å². The van der Waals surface area contributed by atoms with Crippen LogP contribution >= 0.6 is 0 Å². The van der Waals surface area contributed by atoms with E-state index in [2.05, 4.69) is 9.80 Å². The highest BCUT2D eigenvalue weighted by Crippen LogP contribution is 2.27. The lowest BCUT2D eigenvalue weighted by Crippen LogP contribution is -2.46. The van der Waals surface area contributed by atoms with Gasteiger partial charge in [-0.3, -0.25) is 4.90 Å². The minimum atomic E-state index is -3.41. The van der Waals surface area contributed by atoms with E-state index in [1.807, 2.05) is 24.3 Å². The first-order chi connectivity index (χ1) is 12.4. The fraction of sp³-hybridized carbons (Fsp3) is 0.368. The maximum Gasteiger partial charge on any atom is 0.242 e. The van der Waals surface area contributed by atoms with E-state index < -0.39 is 10.0 Å². The van der Waals surface area contributed by atoms with Gasteiger partial charge in [-0.25, -0.2) is 12.7 Å². The summed E-state index contributed by atoms with van der Waals surface area (Å²) in [5, 5.41) is 10.00. The SMILES string of the molecule is CN(C)S(=O)(=O)c1cccc(CN2CCN(c3ccccc3O)CC2)c1. The number of hydrogen-bond donors (Lipinski definition) is 1. The summed E-state index contributed by atoms with van der Waals surface area (Å²) >= 11 is 0. The summed E-state index contributed by atoms with van der Waals surface area (Å²) in [6, 6.07) is 14.5. The van der Waals surface area contributed by atoms with Crippen LogP contribution < -0.4 is 4.90 Å². The van der Waals surface area contributed by atoms with E-state index in [0.717, 1.165) is 37.4 Å². The first kappa shape index (κ1) is 18.7. The monoisotopic (exact) mass is 375 g/mol. The summed E-state index contributed by atoms with van der Waals surface area (Å²) in [6.07, 6.45) is 0. The largest absolute Gasteiger partial charge is 0.506 e. The van der Waals surface area contributed by atoms with E-state index in [9.17, 15) is 13.5 Å². The smallest absolute Gasteiger partial charge is 0.242 e. The number of piperazine rings is 1. The molecule has 1 aliphatic heterocycles. The van der Waals surface area contributed by atoms with Crippen LogP contribution in [0.25, 0.3) is 0 Å². The van der Waals surface area contributed by atoms with Crippen LogP contribution in [-0.2, 0) is 16.6 Å². The molecule has 6 nitrogen and oxygen atoms in total. The number of nitrogens with zero attached hydrogens (tertiary/aromatic N) is 3. The predicted octanol–water partition coefficient (Wildman–Crippen LogP) is 1.96. The highest BCUT2D eigenvalue weighted by atomic mass is 32.2. The maximum atomic E-state index is 12.3. The van der Waals surface area contributed by atoms with Gasteiger partial charge in [-0.1, -0.05) is 24.3 Å². The molecule has 0 amide bonds. The van der Waals surface area contributed by atoms with Gasteiger partial charge < -0.3 is 10.0 Å². The van der Waals surface area contributed by atoms with Gasteiger partial charge in [0.2, 0.25) is 10.0 Å². The van der Waals surface area contributed by atoms with Gasteiger partial charge in [0.15, 0.2) is 0 Å². The molecular weight excluding hydrogens is 350 g/mol. The number of hydrogen-bond acceptors (Lipinski definition) is 5. The number of para-hydroxylation sites is 2. The number of anilines is 1. The van der Waals surface area contributed by atoms with Crippen LogP contribution in [-0.4, -0.2) is 63.0 Å². The Labute approximate surface area is 155 Å². The molecule has 0 unspecified atom stereocenters. The van der Waals surface area contributed by atoms with E-state index in [-0.39, 0.29) is 0 Å². The van der Waals surface area contributed by atoms with Gasteiger partial charge in [0.25, 0.3) is 0 Å². The molecule has 1 fully saturated rings. The summed E-state index contributed by atoms with van der Waals surface area (Å²) in [5.41, 5.74) is 1.86. The van der Waals surface area contributed by atoms with Crippen molar-refractivity contribution in [3.05, 3.63) is 54.1 Å². The summed E-state index contributed by atoms with van der Waals surface area (Å²) < 4.78 is 25.8. The zero-order chi connectivity index (χ0) is 18.7. The van der Waals surface area contributed by atoms with Crippen molar-refractivity contribution in [2.75, 3.05) is 45.2 Å². The Kier molecular flexibility index (Phi) is 5.50. The second-order valence-electron chi connectivity index (χ2n) is 6.69.